The molecule has 0 fully saturated rings. The number of nitrogens with one attached hydrogen (secondary N) is 1. The van der Waals surface area contributed by atoms with Crippen LogP contribution in [-0.4, -0.2) is 41.3 Å². The zero-order valence-corrected chi connectivity index (χ0v) is 9.84. The summed E-state index contributed by atoms with van der Waals surface area (Å²) in [5.41, 5.74) is 1.74. The summed E-state index contributed by atoms with van der Waals surface area (Å²) in [6.45, 7) is 6.41. The third-order valence-electron chi connectivity index (χ3n) is 2.44. The molecule has 0 saturated heterocycles. The molecule has 1 heterocycles. The van der Waals surface area contributed by atoms with Crippen LogP contribution in [0.2, 0.25) is 0 Å². The van der Waals surface area contributed by atoms with Gasteiger partial charge in [0, 0.05) is 19.1 Å². The van der Waals surface area contributed by atoms with E-state index in [9.17, 15) is 0 Å². The van der Waals surface area contributed by atoms with Crippen LogP contribution in [0.4, 0.5) is 5.13 Å². The summed E-state index contributed by atoms with van der Waals surface area (Å²) in [6.07, 6.45) is 1.19. The van der Waals surface area contributed by atoms with E-state index in [2.05, 4.69) is 41.3 Å². The van der Waals surface area contributed by atoms with Gasteiger partial charge in [0.25, 0.3) is 0 Å². The summed E-state index contributed by atoms with van der Waals surface area (Å²) in [6, 6.07) is 0.645. The molecule has 1 rings (SSSR count). The maximum Gasteiger partial charge on any atom is 0.205 e. The van der Waals surface area contributed by atoms with Gasteiger partial charge in [-0.1, -0.05) is 18.3 Å². The molecule has 1 atom stereocenters. The van der Waals surface area contributed by atoms with Crippen molar-refractivity contribution in [3.8, 4) is 0 Å². The van der Waals surface area contributed by atoms with Crippen molar-refractivity contribution in [3.63, 3.8) is 0 Å². The lowest BCUT2D eigenvalue weighted by atomic mass is 10.2. The molecule has 1 unspecified atom stereocenters. The van der Waals surface area contributed by atoms with Crippen molar-refractivity contribution < 1.29 is 0 Å². The Bertz CT molecular complexity index is 237. The predicted octanol–water partition coefficient (Wildman–Crippen LogP) is 1.68. The molecule has 5 heteroatoms. The largest absolute Gasteiger partial charge is 0.359 e. The van der Waals surface area contributed by atoms with Crippen LogP contribution >= 0.6 is 11.3 Å². The average Bonchev–Trinajstić information content (AvgIpc) is 2.69. The van der Waals surface area contributed by atoms with Crippen LogP contribution in [0, 0.1) is 0 Å². The van der Waals surface area contributed by atoms with Crippen LogP contribution in [0.1, 0.15) is 20.3 Å². The van der Waals surface area contributed by atoms with Crippen LogP contribution in [0.5, 0.6) is 0 Å². The van der Waals surface area contributed by atoms with Gasteiger partial charge in [-0.3, -0.25) is 0 Å². The Hall–Kier alpha value is -0.680. The molecule has 4 nitrogen and oxygen atoms in total. The maximum atomic E-state index is 3.92. The minimum Gasteiger partial charge on any atom is -0.359 e. The minimum atomic E-state index is 0.645. The van der Waals surface area contributed by atoms with Gasteiger partial charge in [-0.2, -0.15) is 0 Å². The van der Waals surface area contributed by atoms with Crippen LogP contribution in [-0.2, 0) is 0 Å². The lowest BCUT2D eigenvalue weighted by Gasteiger charge is -2.23. The highest BCUT2D eigenvalue weighted by Gasteiger charge is 2.05. The van der Waals surface area contributed by atoms with E-state index >= 15 is 0 Å². The number of nitrogens with zero attached hydrogens (tertiary/aromatic N) is 3. The third-order valence-corrected chi connectivity index (χ3v) is 3.09. The summed E-state index contributed by atoms with van der Waals surface area (Å²) in [5, 5.41) is 11.8. The summed E-state index contributed by atoms with van der Waals surface area (Å²) in [5.74, 6) is 0. The van der Waals surface area contributed by atoms with E-state index < -0.39 is 0 Å². The van der Waals surface area contributed by atoms with Crippen molar-refractivity contribution in [1.29, 1.82) is 0 Å². The molecule has 0 aliphatic rings. The van der Waals surface area contributed by atoms with Crippen molar-refractivity contribution in [3.05, 3.63) is 5.51 Å². The Balaban J connectivity index is 2.15. The second-order valence-electron chi connectivity index (χ2n) is 3.41. The van der Waals surface area contributed by atoms with E-state index in [-0.39, 0.29) is 0 Å². The molecule has 1 aromatic heterocycles. The van der Waals surface area contributed by atoms with Gasteiger partial charge in [-0.05, 0) is 20.4 Å². The number of aromatic nitrogens is 2. The van der Waals surface area contributed by atoms with Gasteiger partial charge in [0.1, 0.15) is 5.51 Å². The summed E-state index contributed by atoms with van der Waals surface area (Å²) < 4.78 is 0. The second kappa shape index (κ2) is 5.93. The first-order valence-corrected chi connectivity index (χ1v) is 5.82. The fraction of sp³-hybridized carbons (Fsp3) is 0.778. The average molecular weight is 214 g/mol. The molecular formula is C9H18N4S. The van der Waals surface area contributed by atoms with Crippen LogP contribution in [0.15, 0.2) is 5.51 Å². The number of rotatable bonds is 6. The zero-order chi connectivity index (χ0) is 10.4. The Morgan fingerprint density at radius 3 is 3.00 bits per heavy atom. The summed E-state index contributed by atoms with van der Waals surface area (Å²) in [7, 11) is 2.15. The molecule has 0 radical (unpaired) electrons. The van der Waals surface area contributed by atoms with Gasteiger partial charge in [-0.15, -0.1) is 10.2 Å². The van der Waals surface area contributed by atoms with E-state index in [0.29, 0.717) is 6.04 Å². The molecule has 0 amide bonds. The Labute approximate surface area is 89.3 Å². The normalized spacial score (nSPS) is 13.1. The van der Waals surface area contributed by atoms with Crippen molar-refractivity contribution in [2.24, 2.45) is 0 Å². The Morgan fingerprint density at radius 2 is 2.43 bits per heavy atom. The maximum absolute atomic E-state index is 3.92. The van der Waals surface area contributed by atoms with Gasteiger partial charge in [0.2, 0.25) is 5.13 Å². The number of likely N-dealkylation sites (N-methyl/N-ethyl adjacent to an activating group) is 1. The van der Waals surface area contributed by atoms with Crippen molar-refractivity contribution in [1.82, 2.24) is 15.1 Å². The fourth-order valence-corrected chi connectivity index (χ4v) is 1.60. The lowest BCUT2D eigenvalue weighted by molar-refractivity contribution is 0.261. The summed E-state index contributed by atoms with van der Waals surface area (Å²) >= 11 is 1.54. The van der Waals surface area contributed by atoms with Crippen LogP contribution < -0.4 is 5.32 Å². The zero-order valence-electron chi connectivity index (χ0n) is 9.03. The molecule has 0 aliphatic carbocycles. The Morgan fingerprint density at radius 1 is 1.64 bits per heavy atom. The number of hydrogen-bond acceptors (Lipinski definition) is 5. The minimum absolute atomic E-state index is 0.645. The highest BCUT2D eigenvalue weighted by molar-refractivity contribution is 7.13. The highest BCUT2D eigenvalue weighted by Crippen LogP contribution is 2.07. The summed E-state index contributed by atoms with van der Waals surface area (Å²) in [4.78, 5) is 2.34. The van der Waals surface area contributed by atoms with E-state index in [1.807, 2.05) is 0 Å². The molecule has 0 spiro atoms. The highest BCUT2D eigenvalue weighted by atomic mass is 32.1. The van der Waals surface area contributed by atoms with E-state index in [1.165, 1.54) is 17.8 Å². The number of hydrogen-bond donors (Lipinski definition) is 1. The fourth-order valence-electron chi connectivity index (χ4n) is 1.12. The van der Waals surface area contributed by atoms with Crippen LogP contribution in [0.3, 0.4) is 0 Å². The molecule has 80 valence electrons. The van der Waals surface area contributed by atoms with Crippen molar-refractivity contribution in [2.45, 2.75) is 26.3 Å². The smallest absolute Gasteiger partial charge is 0.205 e. The molecular weight excluding hydrogens is 196 g/mol. The monoisotopic (exact) mass is 214 g/mol. The van der Waals surface area contributed by atoms with Gasteiger partial charge >= 0.3 is 0 Å². The first-order chi connectivity index (χ1) is 6.74. The lowest BCUT2D eigenvalue weighted by Crippen LogP contribution is -2.32. The SMILES string of the molecule is CCC(C)N(C)CCNc1nncs1. The molecule has 0 aromatic carbocycles. The predicted molar refractivity (Wildman–Crippen MR) is 60.8 cm³/mol. The van der Waals surface area contributed by atoms with Crippen molar-refractivity contribution in [2.75, 3.05) is 25.5 Å². The number of anilines is 1. The van der Waals surface area contributed by atoms with Gasteiger partial charge in [-0.25, -0.2) is 0 Å². The molecule has 0 saturated carbocycles. The van der Waals surface area contributed by atoms with E-state index in [4.69, 9.17) is 0 Å². The molecule has 1 aromatic rings. The standard InChI is InChI=1S/C9H18N4S/c1-4-8(2)13(3)6-5-10-9-12-11-7-14-9/h7-8H,4-6H2,1-3H3,(H,10,12). The molecule has 0 aliphatic heterocycles. The quantitative estimate of drug-likeness (QED) is 0.782. The van der Waals surface area contributed by atoms with E-state index in [0.717, 1.165) is 18.2 Å². The van der Waals surface area contributed by atoms with Crippen LogP contribution in [0.25, 0.3) is 0 Å². The first kappa shape index (κ1) is 11.4. The molecule has 14 heavy (non-hydrogen) atoms. The molecule has 0 bridgehead atoms. The van der Waals surface area contributed by atoms with Gasteiger partial charge in [0.15, 0.2) is 0 Å². The van der Waals surface area contributed by atoms with E-state index in [1.54, 1.807) is 5.51 Å². The Kier molecular flexibility index (Phi) is 4.82. The topological polar surface area (TPSA) is 41.0 Å². The van der Waals surface area contributed by atoms with Gasteiger partial charge < -0.3 is 10.2 Å². The molecule has 1 N–H and O–H groups in total. The van der Waals surface area contributed by atoms with Gasteiger partial charge in [0.05, 0.1) is 0 Å². The first-order valence-electron chi connectivity index (χ1n) is 4.94. The van der Waals surface area contributed by atoms with Crippen molar-refractivity contribution >= 4 is 16.5 Å². The second-order valence-corrected chi connectivity index (χ2v) is 4.24. The third kappa shape index (κ3) is 3.59.